The van der Waals surface area contributed by atoms with Gasteiger partial charge in [-0.25, -0.2) is 0 Å². The van der Waals surface area contributed by atoms with Gasteiger partial charge in [0.1, 0.15) is 0 Å². The molecule has 0 bridgehead atoms. The lowest BCUT2D eigenvalue weighted by Gasteiger charge is -2.39. The molecule has 2 saturated carbocycles. The Kier molecular flexibility index (Phi) is 6.80. The topological polar surface area (TPSA) is 46.3 Å². The molecule has 0 spiro atoms. The summed E-state index contributed by atoms with van der Waals surface area (Å²) in [6.45, 7) is 6.22. The van der Waals surface area contributed by atoms with Crippen molar-refractivity contribution in [3.63, 3.8) is 0 Å². The second-order valence-corrected chi connectivity index (χ2v) is 6.71. The largest absolute Gasteiger partial charge is 0.336 e. The number of halogens is 1. The van der Waals surface area contributed by atoms with Gasteiger partial charge in [-0.3, -0.25) is 4.79 Å². The molecule has 0 heterocycles. The van der Waals surface area contributed by atoms with E-state index in [-0.39, 0.29) is 24.4 Å². The van der Waals surface area contributed by atoms with Crippen molar-refractivity contribution < 1.29 is 4.79 Å². The van der Waals surface area contributed by atoms with Crippen molar-refractivity contribution in [1.82, 2.24) is 4.90 Å². The highest BCUT2D eigenvalue weighted by molar-refractivity contribution is 5.85. The third-order valence-corrected chi connectivity index (χ3v) is 5.16. The summed E-state index contributed by atoms with van der Waals surface area (Å²) in [5, 5.41) is 0. The van der Waals surface area contributed by atoms with Crippen LogP contribution in [0.25, 0.3) is 0 Å². The third-order valence-electron chi connectivity index (χ3n) is 5.16. The summed E-state index contributed by atoms with van der Waals surface area (Å²) in [4.78, 5) is 14.9. The van der Waals surface area contributed by atoms with Crippen molar-refractivity contribution in [3.8, 4) is 0 Å². The molecule has 2 aliphatic carbocycles. The molecule has 3 nitrogen and oxygen atoms in total. The Bertz CT molecular complexity index is 310. The van der Waals surface area contributed by atoms with Gasteiger partial charge >= 0.3 is 0 Å². The van der Waals surface area contributed by atoms with Gasteiger partial charge in [0.2, 0.25) is 5.91 Å². The van der Waals surface area contributed by atoms with Crippen LogP contribution in [0.2, 0.25) is 0 Å². The molecule has 20 heavy (non-hydrogen) atoms. The molecule has 0 aromatic rings. The molecular formula is C16H31ClN2O. The van der Waals surface area contributed by atoms with Gasteiger partial charge in [0.15, 0.2) is 0 Å². The number of carbonyl (C=O) groups is 1. The highest BCUT2D eigenvalue weighted by Crippen LogP contribution is 2.37. The Morgan fingerprint density at radius 2 is 1.55 bits per heavy atom. The fourth-order valence-corrected chi connectivity index (χ4v) is 3.30. The normalized spacial score (nSPS) is 29.2. The van der Waals surface area contributed by atoms with Crippen LogP contribution in [-0.2, 0) is 4.79 Å². The van der Waals surface area contributed by atoms with Crippen molar-refractivity contribution in [2.45, 2.75) is 83.8 Å². The van der Waals surface area contributed by atoms with Crippen LogP contribution in [0.3, 0.4) is 0 Å². The molecule has 0 aromatic heterocycles. The lowest BCUT2D eigenvalue weighted by molar-refractivity contribution is -0.139. The highest BCUT2D eigenvalue weighted by atomic mass is 35.5. The first-order valence-corrected chi connectivity index (χ1v) is 8.12. The zero-order valence-corrected chi connectivity index (χ0v) is 14.0. The molecule has 2 rings (SSSR count). The van der Waals surface area contributed by atoms with Crippen LogP contribution in [0.1, 0.15) is 65.7 Å². The van der Waals surface area contributed by atoms with Crippen LogP contribution in [0.4, 0.5) is 0 Å². The van der Waals surface area contributed by atoms with Crippen LogP contribution in [0.15, 0.2) is 0 Å². The van der Waals surface area contributed by atoms with Crippen molar-refractivity contribution in [2.75, 3.05) is 0 Å². The van der Waals surface area contributed by atoms with Crippen molar-refractivity contribution in [1.29, 1.82) is 0 Å². The quantitative estimate of drug-likeness (QED) is 0.846. The summed E-state index contributed by atoms with van der Waals surface area (Å²) < 4.78 is 0. The fourth-order valence-electron chi connectivity index (χ4n) is 3.30. The Balaban J connectivity index is 0.00000200. The Labute approximate surface area is 130 Å². The number of hydrogen-bond acceptors (Lipinski definition) is 2. The molecule has 2 N–H and O–H groups in total. The molecule has 2 fully saturated rings. The minimum Gasteiger partial charge on any atom is -0.336 e. The zero-order chi connectivity index (χ0) is 14.0. The summed E-state index contributed by atoms with van der Waals surface area (Å²) in [7, 11) is 0. The van der Waals surface area contributed by atoms with Gasteiger partial charge in [0, 0.05) is 18.1 Å². The number of amides is 1. The molecule has 0 aliphatic heterocycles. The summed E-state index contributed by atoms with van der Waals surface area (Å²) in [5.74, 6) is 1.15. The van der Waals surface area contributed by atoms with E-state index in [1.165, 1.54) is 44.9 Å². The molecule has 0 aromatic carbocycles. The summed E-state index contributed by atoms with van der Waals surface area (Å²) in [6, 6.07) is 0.974. The Morgan fingerprint density at radius 1 is 1.10 bits per heavy atom. The predicted octanol–water partition coefficient (Wildman–Crippen LogP) is 3.35. The van der Waals surface area contributed by atoms with E-state index in [0.29, 0.717) is 18.0 Å². The summed E-state index contributed by atoms with van der Waals surface area (Å²) >= 11 is 0. The second-order valence-electron chi connectivity index (χ2n) is 6.71. The molecule has 0 radical (unpaired) electrons. The van der Waals surface area contributed by atoms with Gasteiger partial charge in [0.25, 0.3) is 0 Å². The van der Waals surface area contributed by atoms with Crippen LogP contribution >= 0.6 is 12.4 Å². The molecule has 4 heteroatoms. The first kappa shape index (κ1) is 17.8. The minimum atomic E-state index is -0.0410. The van der Waals surface area contributed by atoms with E-state index in [1.54, 1.807) is 0 Å². The lowest BCUT2D eigenvalue weighted by atomic mass is 9.83. The van der Waals surface area contributed by atoms with Crippen molar-refractivity contribution in [3.05, 3.63) is 0 Å². The van der Waals surface area contributed by atoms with Gasteiger partial charge in [-0.2, -0.15) is 0 Å². The molecule has 2 aliphatic rings. The molecule has 1 amide bonds. The summed E-state index contributed by atoms with van der Waals surface area (Å²) in [5.41, 5.74) is 5.92. The third kappa shape index (κ3) is 4.11. The van der Waals surface area contributed by atoms with Gasteiger partial charge in [0.05, 0.1) is 5.92 Å². The van der Waals surface area contributed by atoms with Gasteiger partial charge in [-0.1, -0.05) is 20.3 Å². The molecule has 0 saturated heterocycles. The number of nitrogens with two attached hydrogens (primary N) is 1. The zero-order valence-electron chi connectivity index (χ0n) is 13.2. The maximum atomic E-state index is 12.7. The number of rotatable bonds is 5. The molecule has 2 unspecified atom stereocenters. The Morgan fingerprint density at radius 3 is 1.90 bits per heavy atom. The monoisotopic (exact) mass is 302 g/mol. The minimum absolute atomic E-state index is 0. The van der Waals surface area contributed by atoms with E-state index in [4.69, 9.17) is 5.73 Å². The van der Waals surface area contributed by atoms with E-state index < -0.39 is 0 Å². The number of nitrogens with zero attached hydrogens (tertiary/aromatic N) is 1. The van der Waals surface area contributed by atoms with E-state index >= 15 is 0 Å². The van der Waals surface area contributed by atoms with E-state index in [0.717, 1.165) is 5.92 Å². The Hall–Kier alpha value is -0.280. The smallest absolute Gasteiger partial charge is 0.227 e. The first-order valence-electron chi connectivity index (χ1n) is 8.12. The van der Waals surface area contributed by atoms with Gasteiger partial charge in [-0.05, 0) is 51.4 Å². The maximum absolute atomic E-state index is 12.7. The van der Waals surface area contributed by atoms with Crippen LogP contribution < -0.4 is 5.73 Å². The standard InChI is InChI=1S/C16H30N2O.ClH/c1-4-13-5-7-14(8-6-13)18(15-9-10-15)16(19)11(2)12(3)17;/h11-15H,4-10,17H2,1-3H3;1H. The fraction of sp³-hybridized carbons (Fsp3) is 0.938. The van der Waals surface area contributed by atoms with E-state index in [9.17, 15) is 4.79 Å². The summed E-state index contributed by atoms with van der Waals surface area (Å²) in [6.07, 6.45) is 8.68. The maximum Gasteiger partial charge on any atom is 0.227 e. The number of hydrogen-bond donors (Lipinski definition) is 1. The molecule has 2 atom stereocenters. The lowest BCUT2D eigenvalue weighted by Crippen LogP contribution is -2.49. The van der Waals surface area contributed by atoms with Crippen LogP contribution in [-0.4, -0.2) is 28.9 Å². The van der Waals surface area contributed by atoms with Crippen molar-refractivity contribution >= 4 is 18.3 Å². The second kappa shape index (κ2) is 7.65. The average molecular weight is 303 g/mol. The highest BCUT2D eigenvalue weighted by Gasteiger charge is 2.40. The molecular weight excluding hydrogens is 272 g/mol. The van der Waals surface area contributed by atoms with E-state index in [1.807, 2.05) is 13.8 Å². The van der Waals surface area contributed by atoms with Crippen LogP contribution in [0.5, 0.6) is 0 Å². The van der Waals surface area contributed by atoms with Gasteiger partial charge < -0.3 is 10.6 Å². The van der Waals surface area contributed by atoms with E-state index in [2.05, 4.69) is 11.8 Å². The number of carbonyl (C=O) groups excluding carboxylic acids is 1. The SMILES string of the molecule is CCC1CCC(N(C(=O)C(C)C(C)N)C2CC2)CC1.Cl. The van der Waals surface area contributed by atoms with Crippen molar-refractivity contribution in [2.24, 2.45) is 17.6 Å². The average Bonchev–Trinajstić information content (AvgIpc) is 3.23. The first-order chi connectivity index (χ1) is 9.04. The molecule has 118 valence electrons. The van der Waals surface area contributed by atoms with Crippen LogP contribution in [0, 0.1) is 11.8 Å². The predicted molar refractivity (Wildman–Crippen MR) is 86.0 cm³/mol. The van der Waals surface area contributed by atoms with Gasteiger partial charge in [-0.15, -0.1) is 12.4 Å².